The monoisotopic (exact) mass is 627 g/mol. The van der Waals surface area contributed by atoms with Crippen molar-refractivity contribution in [3.05, 3.63) is 99.3 Å². The molecule has 12 nitrogen and oxygen atoms in total. The van der Waals surface area contributed by atoms with E-state index >= 15 is 0 Å². The molecule has 0 aliphatic rings. The van der Waals surface area contributed by atoms with E-state index in [2.05, 4.69) is 17.2 Å². The normalized spacial score (nSPS) is 10.8. The fourth-order valence-electron chi connectivity index (χ4n) is 5.05. The number of carbonyl (C=O) groups excluding carboxylic acids is 3. The molecule has 0 atom stereocenters. The first-order valence-electron chi connectivity index (χ1n) is 15.0. The second-order valence-electron chi connectivity index (χ2n) is 10.7. The molecule has 0 radical (unpaired) electrons. The van der Waals surface area contributed by atoms with Crippen LogP contribution in [0.3, 0.4) is 0 Å². The van der Waals surface area contributed by atoms with E-state index in [0.717, 1.165) is 19.3 Å². The van der Waals surface area contributed by atoms with Crippen molar-refractivity contribution in [2.24, 2.45) is 0 Å². The van der Waals surface area contributed by atoms with Gasteiger partial charge in [0.2, 0.25) is 11.8 Å². The standard InChI is InChI=1S/C34H37N5O7/c1-4-5-6-11-18-37(21-26-28(38-19-12-10-15-30(38)43)16-17-29(42)32(26)46-24(3)41)31(44)22-39-33(25-13-8-7-9-14-25)35-20-27(34(39)45)36-23(2)40/h7-10,12-17,19-20,42H,4-6,11,18,21-22H2,1-3H3,(H,36,40). The van der Waals surface area contributed by atoms with E-state index in [4.69, 9.17) is 4.74 Å². The Bertz CT molecular complexity index is 1830. The number of nitrogens with zero attached hydrogens (tertiary/aromatic N) is 4. The number of esters is 1. The highest BCUT2D eigenvalue weighted by Gasteiger charge is 2.25. The van der Waals surface area contributed by atoms with Crippen LogP contribution in [0.1, 0.15) is 52.0 Å². The van der Waals surface area contributed by atoms with Crippen molar-refractivity contribution in [2.75, 3.05) is 11.9 Å². The second-order valence-corrected chi connectivity index (χ2v) is 10.7. The molecule has 0 aliphatic carbocycles. The number of carbonyl (C=O) groups is 3. The lowest BCUT2D eigenvalue weighted by atomic mass is 10.1. The molecule has 2 aromatic carbocycles. The third kappa shape index (κ3) is 8.14. The first-order chi connectivity index (χ1) is 22.1. The van der Waals surface area contributed by atoms with Crippen LogP contribution in [0.4, 0.5) is 5.69 Å². The van der Waals surface area contributed by atoms with Crippen LogP contribution in [0.2, 0.25) is 0 Å². The number of amides is 2. The predicted octanol–water partition coefficient (Wildman–Crippen LogP) is 4.26. The van der Waals surface area contributed by atoms with Gasteiger partial charge >= 0.3 is 5.97 Å². The Hall–Kier alpha value is -5.52. The third-order valence-corrected chi connectivity index (χ3v) is 7.21. The molecule has 0 bridgehead atoms. The van der Waals surface area contributed by atoms with E-state index in [1.54, 1.807) is 36.4 Å². The molecule has 0 saturated carbocycles. The van der Waals surface area contributed by atoms with Crippen LogP contribution in [0.15, 0.2) is 82.6 Å². The highest BCUT2D eigenvalue weighted by Crippen LogP contribution is 2.36. The molecular weight excluding hydrogens is 590 g/mol. The number of aromatic hydroxyl groups is 1. The van der Waals surface area contributed by atoms with Gasteiger partial charge in [0, 0.05) is 43.8 Å². The first-order valence-corrected chi connectivity index (χ1v) is 15.0. The Morgan fingerprint density at radius 2 is 1.70 bits per heavy atom. The summed E-state index contributed by atoms with van der Waals surface area (Å²) in [6.07, 6.45) is 6.17. The van der Waals surface area contributed by atoms with Crippen LogP contribution in [0.5, 0.6) is 11.5 Å². The summed E-state index contributed by atoms with van der Waals surface area (Å²) in [5.74, 6) is -1.92. The van der Waals surface area contributed by atoms with Crippen molar-refractivity contribution < 1.29 is 24.2 Å². The number of aromatic nitrogens is 3. The molecule has 0 spiro atoms. The van der Waals surface area contributed by atoms with E-state index in [1.807, 2.05) is 6.07 Å². The van der Waals surface area contributed by atoms with Crippen molar-refractivity contribution in [1.82, 2.24) is 19.0 Å². The van der Waals surface area contributed by atoms with Crippen molar-refractivity contribution in [1.29, 1.82) is 0 Å². The molecule has 12 heteroatoms. The Balaban J connectivity index is 1.83. The quantitative estimate of drug-likeness (QED) is 0.127. The zero-order valence-corrected chi connectivity index (χ0v) is 26.1. The van der Waals surface area contributed by atoms with Gasteiger partial charge in [-0.1, -0.05) is 62.6 Å². The number of pyridine rings is 1. The number of ether oxygens (including phenoxy) is 1. The minimum atomic E-state index is -0.699. The maximum Gasteiger partial charge on any atom is 0.308 e. The summed E-state index contributed by atoms with van der Waals surface area (Å²) in [6.45, 7) is 4.20. The number of phenolic OH excluding ortho intramolecular Hbond substituents is 1. The van der Waals surface area contributed by atoms with Gasteiger partial charge in [0.25, 0.3) is 11.1 Å². The van der Waals surface area contributed by atoms with Gasteiger partial charge in [-0.2, -0.15) is 0 Å². The number of benzene rings is 2. The number of anilines is 1. The van der Waals surface area contributed by atoms with E-state index in [-0.39, 0.29) is 47.2 Å². The predicted molar refractivity (Wildman–Crippen MR) is 173 cm³/mol. The van der Waals surface area contributed by atoms with Crippen LogP contribution in [0, 0.1) is 0 Å². The fourth-order valence-corrected chi connectivity index (χ4v) is 5.05. The summed E-state index contributed by atoms with van der Waals surface area (Å²) in [5, 5.41) is 13.2. The summed E-state index contributed by atoms with van der Waals surface area (Å²) in [5.41, 5.74) is 0.0646. The van der Waals surface area contributed by atoms with Crippen molar-refractivity contribution >= 4 is 23.5 Å². The van der Waals surface area contributed by atoms with Crippen LogP contribution < -0.4 is 21.2 Å². The molecule has 46 heavy (non-hydrogen) atoms. The Morgan fingerprint density at radius 3 is 2.37 bits per heavy atom. The SMILES string of the molecule is CCCCCCN(Cc1c(-n2ccccc2=O)ccc(O)c1OC(C)=O)C(=O)Cn1c(-c2ccccc2)ncc(NC(C)=O)c1=O. The first kappa shape index (κ1) is 33.4. The molecular formula is C34H37N5O7. The summed E-state index contributed by atoms with van der Waals surface area (Å²) < 4.78 is 7.96. The Morgan fingerprint density at radius 1 is 0.957 bits per heavy atom. The maximum absolute atomic E-state index is 14.2. The molecule has 4 aromatic rings. The van der Waals surface area contributed by atoms with Gasteiger partial charge in [0.05, 0.1) is 18.4 Å². The van der Waals surface area contributed by atoms with Crippen molar-refractivity contribution in [3.8, 4) is 28.6 Å². The molecule has 240 valence electrons. The van der Waals surface area contributed by atoms with E-state index < -0.39 is 29.9 Å². The highest BCUT2D eigenvalue weighted by molar-refractivity contribution is 5.88. The molecule has 0 fully saturated rings. The van der Waals surface area contributed by atoms with Crippen LogP contribution in [-0.2, 0) is 27.5 Å². The number of hydrogen-bond acceptors (Lipinski definition) is 8. The average Bonchev–Trinajstić information content (AvgIpc) is 3.02. The lowest BCUT2D eigenvalue weighted by Crippen LogP contribution is -2.38. The third-order valence-electron chi connectivity index (χ3n) is 7.21. The number of rotatable bonds is 13. The zero-order valence-electron chi connectivity index (χ0n) is 26.1. The molecule has 0 unspecified atom stereocenters. The van der Waals surface area contributed by atoms with Gasteiger partial charge < -0.3 is 20.1 Å². The van der Waals surface area contributed by atoms with Crippen LogP contribution in [0.25, 0.3) is 17.1 Å². The topological polar surface area (TPSA) is 153 Å². The molecule has 2 N–H and O–H groups in total. The molecule has 2 heterocycles. The Kier molecular flexibility index (Phi) is 11.2. The van der Waals surface area contributed by atoms with Gasteiger partial charge in [-0.3, -0.25) is 33.1 Å². The van der Waals surface area contributed by atoms with Gasteiger partial charge in [-0.05, 0) is 24.6 Å². The van der Waals surface area contributed by atoms with Crippen LogP contribution in [-0.4, -0.2) is 48.5 Å². The fraction of sp³-hybridized carbons (Fsp3) is 0.294. The zero-order chi connectivity index (χ0) is 33.2. The average molecular weight is 628 g/mol. The smallest absolute Gasteiger partial charge is 0.308 e. The second kappa shape index (κ2) is 15.5. The maximum atomic E-state index is 14.2. The molecule has 4 rings (SSSR count). The summed E-state index contributed by atoms with van der Waals surface area (Å²) in [6, 6.07) is 16.3. The van der Waals surface area contributed by atoms with Crippen LogP contribution >= 0.6 is 0 Å². The largest absolute Gasteiger partial charge is 0.504 e. The number of nitrogens with one attached hydrogen (secondary N) is 1. The minimum absolute atomic E-state index is 0.0784. The molecule has 2 amide bonds. The van der Waals surface area contributed by atoms with Crippen molar-refractivity contribution in [3.63, 3.8) is 0 Å². The lowest BCUT2D eigenvalue weighted by Gasteiger charge is -2.27. The summed E-state index contributed by atoms with van der Waals surface area (Å²) >= 11 is 0. The minimum Gasteiger partial charge on any atom is -0.504 e. The van der Waals surface area contributed by atoms with Crippen molar-refractivity contribution in [2.45, 2.75) is 59.5 Å². The Labute approximate surface area is 265 Å². The summed E-state index contributed by atoms with van der Waals surface area (Å²) in [4.78, 5) is 70.5. The van der Waals surface area contributed by atoms with Gasteiger partial charge in [0.15, 0.2) is 11.5 Å². The van der Waals surface area contributed by atoms with Gasteiger partial charge in [-0.15, -0.1) is 0 Å². The molecule has 0 aliphatic heterocycles. The van der Waals surface area contributed by atoms with E-state index in [0.29, 0.717) is 17.7 Å². The number of phenols is 1. The van der Waals surface area contributed by atoms with E-state index in [1.165, 1.54) is 58.5 Å². The number of hydrogen-bond donors (Lipinski definition) is 2. The van der Waals surface area contributed by atoms with E-state index in [9.17, 15) is 29.1 Å². The lowest BCUT2D eigenvalue weighted by molar-refractivity contribution is -0.132. The number of unbranched alkanes of at least 4 members (excludes halogenated alkanes) is 3. The summed E-state index contributed by atoms with van der Waals surface area (Å²) in [7, 11) is 0. The van der Waals surface area contributed by atoms with Gasteiger partial charge in [0.1, 0.15) is 18.1 Å². The molecule has 2 aromatic heterocycles. The van der Waals surface area contributed by atoms with Gasteiger partial charge in [-0.25, -0.2) is 4.98 Å². The highest BCUT2D eigenvalue weighted by atomic mass is 16.5. The molecule has 0 saturated heterocycles.